The number of hydrogen-bond acceptors (Lipinski definition) is 1. The summed E-state index contributed by atoms with van der Waals surface area (Å²) in [5.41, 5.74) is 0.226. The molecular formula is C15H18BrF2NO. The van der Waals surface area contributed by atoms with Crippen molar-refractivity contribution in [1.29, 1.82) is 0 Å². The summed E-state index contributed by atoms with van der Waals surface area (Å²) in [5, 5.41) is 2.95. The topological polar surface area (TPSA) is 29.1 Å². The molecule has 1 N–H and O–H groups in total. The van der Waals surface area contributed by atoms with Crippen molar-refractivity contribution in [2.75, 3.05) is 0 Å². The molecule has 2 atom stereocenters. The van der Waals surface area contributed by atoms with Gasteiger partial charge in [0.1, 0.15) is 11.6 Å². The lowest BCUT2D eigenvalue weighted by Crippen LogP contribution is -2.41. The molecule has 2 unspecified atom stereocenters. The van der Waals surface area contributed by atoms with Gasteiger partial charge < -0.3 is 5.32 Å². The third-order valence-corrected chi connectivity index (χ3v) is 4.74. The van der Waals surface area contributed by atoms with E-state index < -0.39 is 11.6 Å². The third kappa shape index (κ3) is 4.27. The minimum absolute atomic E-state index is 0.0532. The molecule has 0 bridgehead atoms. The van der Waals surface area contributed by atoms with E-state index in [1.165, 1.54) is 18.6 Å². The molecule has 1 aromatic rings. The van der Waals surface area contributed by atoms with Crippen LogP contribution in [0.25, 0.3) is 0 Å². The van der Waals surface area contributed by atoms with Gasteiger partial charge in [0.15, 0.2) is 0 Å². The first kappa shape index (κ1) is 15.4. The Kier molecular flexibility index (Phi) is 5.52. The lowest BCUT2D eigenvalue weighted by molar-refractivity contribution is -0.121. The number of halogens is 3. The maximum absolute atomic E-state index is 13.5. The van der Waals surface area contributed by atoms with E-state index in [1.54, 1.807) is 0 Å². The van der Waals surface area contributed by atoms with E-state index in [2.05, 4.69) is 21.2 Å². The van der Waals surface area contributed by atoms with Crippen molar-refractivity contribution in [3.05, 3.63) is 35.4 Å². The van der Waals surface area contributed by atoms with Crippen LogP contribution >= 0.6 is 15.9 Å². The first-order chi connectivity index (χ1) is 9.56. The average Bonchev–Trinajstić information content (AvgIpc) is 2.59. The molecule has 0 aromatic heterocycles. The second-order valence-corrected chi connectivity index (χ2v) is 6.42. The summed E-state index contributed by atoms with van der Waals surface area (Å²) in [4.78, 5) is 12.3. The van der Waals surface area contributed by atoms with E-state index in [1.807, 2.05) is 0 Å². The van der Waals surface area contributed by atoms with Crippen molar-refractivity contribution >= 4 is 21.8 Å². The first-order valence-electron chi connectivity index (χ1n) is 6.93. The molecule has 1 aliphatic carbocycles. The lowest BCUT2D eigenvalue weighted by atomic mass is 10.1. The van der Waals surface area contributed by atoms with Crippen LogP contribution in [0, 0.1) is 11.6 Å². The fourth-order valence-corrected chi connectivity index (χ4v) is 3.24. The average molecular weight is 346 g/mol. The fourth-order valence-electron chi connectivity index (χ4n) is 2.52. The van der Waals surface area contributed by atoms with Gasteiger partial charge in [-0.1, -0.05) is 41.3 Å². The molecule has 0 heterocycles. The Morgan fingerprint density at radius 2 is 2.00 bits per heavy atom. The van der Waals surface area contributed by atoms with Gasteiger partial charge in [-0.15, -0.1) is 0 Å². The summed E-state index contributed by atoms with van der Waals surface area (Å²) >= 11 is 3.60. The predicted molar refractivity (Wildman–Crippen MR) is 77.8 cm³/mol. The zero-order chi connectivity index (χ0) is 14.5. The number of rotatable bonds is 3. The summed E-state index contributed by atoms with van der Waals surface area (Å²) in [6.07, 6.45) is 5.36. The highest BCUT2D eigenvalue weighted by Crippen LogP contribution is 2.23. The highest BCUT2D eigenvalue weighted by molar-refractivity contribution is 9.09. The Labute approximate surface area is 126 Å². The second kappa shape index (κ2) is 7.16. The largest absolute Gasteiger partial charge is 0.352 e. The first-order valence-corrected chi connectivity index (χ1v) is 7.85. The predicted octanol–water partition coefficient (Wildman–Crippen LogP) is 3.72. The maximum Gasteiger partial charge on any atom is 0.224 e. The van der Waals surface area contributed by atoms with Crippen LogP contribution < -0.4 is 5.32 Å². The smallest absolute Gasteiger partial charge is 0.224 e. The van der Waals surface area contributed by atoms with Gasteiger partial charge in [-0.05, 0) is 24.5 Å². The molecule has 2 rings (SSSR count). The molecule has 0 radical (unpaired) electrons. The van der Waals surface area contributed by atoms with E-state index in [-0.39, 0.29) is 28.8 Å². The van der Waals surface area contributed by atoms with Gasteiger partial charge in [0.25, 0.3) is 0 Å². The molecule has 1 fully saturated rings. The Hall–Kier alpha value is -0.970. The van der Waals surface area contributed by atoms with Crippen molar-refractivity contribution in [3.63, 3.8) is 0 Å². The van der Waals surface area contributed by atoms with E-state index in [0.717, 1.165) is 31.7 Å². The van der Waals surface area contributed by atoms with Crippen molar-refractivity contribution < 1.29 is 13.6 Å². The monoisotopic (exact) mass is 345 g/mol. The molecule has 20 heavy (non-hydrogen) atoms. The fraction of sp³-hybridized carbons (Fsp3) is 0.533. The molecule has 1 aromatic carbocycles. The molecular weight excluding hydrogens is 328 g/mol. The van der Waals surface area contributed by atoms with E-state index in [9.17, 15) is 13.6 Å². The van der Waals surface area contributed by atoms with Crippen molar-refractivity contribution in [2.24, 2.45) is 0 Å². The molecule has 5 heteroatoms. The van der Waals surface area contributed by atoms with Gasteiger partial charge in [-0.3, -0.25) is 4.79 Å². The van der Waals surface area contributed by atoms with Crippen LogP contribution in [0.4, 0.5) is 8.78 Å². The zero-order valence-corrected chi connectivity index (χ0v) is 12.8. The maximum atomic E-state index is 13.5. The Morgan fingerprint density at radius 1 is 1.25 bits per heavy atom. The summed E-state index contributed by atoms with van der Waals surface area (Å²) in [6.45, 7) is 0. The summed E-state index contributed by atoms with van der Waals surface area (Å²) < 4.78 is 26.3. The van der Waals surface area contributed by atoms with Gasteiger partial charge >= 0.3 is 0 Å². The zero-order valence-electron chi connectivity index (χ0n) is 11.2. The van der Waals surface area contributed by atoms with Crippen LogP contribution in [-0.2, 0) is 11.2 Å². The van der Waals surface area contributed by atoms with Gasteiger partial charge in [0.05, 0.1) is 6.42 Å². The van der Waals surface area contributed by atoms with Gasteiger partial charge in [0.2, 0.25) is 5.91 Å². The molecule has 0 aliphatic heterocycles. The number of amides is 1. The third-order valence-electron chi connectivity index (χ3n) is 3.64. The Balaban J connectivity index is 1.94. The highest BCUT2D eigenvalue weighted by atomic mass is 79.9. The van der Waals surface area contributed by atoms with Gasteiger partial charge in [0, 0.05) is 16.9 Å². The van der Waals surface area contributed by atoms with Crippen LogP contribution in [0.5, 0.6) is 0 Å². The van der Waals surface area contributed by atoms with Gasteiger partial charge in [-0.2, -0.15) is 0 Å². The van der Waals surface area contributed by atoms with Crippen LogP contribution in [-0.4, -0.2) is 16.8 Å². The molecule has 2 nitrogen and oxygen atoms in total. The normalized spacial score (nSPS) is 23.1. The Morgan fingerprint density at radius 3 is 2.75 bits per heavy atom. The minimum Gasteiger partial charge on any atom is -0.352 e. The number of carbonyl (C=O) groups excluding carboxylic acids is 1. The van der Waals surface area contributed by atoms with E-state index in [0.29, 0.717) is 0 Å². The van der Waals surface area contributed by atoms with Crippen molar-refractivity contribution in [3.8, 4) is 0 Å². The minimum atomic E-state index is -0.670. The molecule has 1 saturated carbocycles. The summed E-state index contributed by atoms with van der Waals surface area (Å²) in [7, 11) is 0. The molecule has 1 amide bonds. The SMILES string of the molecule is O=C(Cc1ccc(F)cc1F)NC1CCCCCC1Br. The quantitative estimate of drug-likeness (QED) is 0.656. The van der Waals surface area contributed by atoms with Crippen molar-refractivity contribution in [2.45, 2.75) is 49.4 Å². The van der Waals surface area contributed by atoms with Crippen LogP contribution in [0.15, 0.2) is 18.2 Å². The van der Waals surface area contributed by atoms with E-state index >= 15 is 0 Å². The Bertz CT molecular complexity index is 481. The van der Waals surface area contributed by atoms with Crippen molar-refractivity contribution in [1.82, 2.24) is 5.32 Å². The van der Waals surface area contributed by atoms with E-state index in [4.69, 9.17) is 0 Å². The van der Waals surface area contributed by atoms with Crippen LogP contribution in [0.2, 0.25) is 0 Å². The molecule has 1 aliphatic rings. The molecule has 0 saturated heterocycles. The molecule has 0 spiro atoms. The number of benzene rings is 1. The standard InChI is InChI=1S/C15H18BrF2NO/c16-12-4-2-1-3-5-14(12)19-15(20)8-10-6-7-11(17)9-13(10)18/h6-7,9,12,14H,1-5,8H2,(H,19,20). The molecule has 110 valence electrons. The summed E-state index contributed by atoms with van der Waals surface area (Å²) in [6, 6.07) is 3.39. The number of carbonyl (C=O) groups is 1. The number of alkyl halides is 1. The lowest BCUT2D eigenvalue weighted by Gasteiger charge is -2.21. The summed E-state index contributed by atoms with van der Waals surface area (Å²) in [5.74, 6) is -1.51. The van der Waals surface area contributed by atoms with Gasteiger partial charge in [-0.25, -0.2) is 8.78 Å². The number of hydrogen-bond donors (Lipinski definition) is 1. The van der Waals surface area contributed by atoms with Crippen LogP contribution in [0.1, 0.15) is 37.7 Å². The highest BCUT2D eigenvalue weighted by Gasteiger charge is 2.23. The number of nitrogens with one attached hydrogen (secondary N) is 1. The second-order valence-electron chi connectivity index (χ2n) is 5.24. The van der Waals surface area contributed by atoms with Crippen LogP contribution in [0.3, 0.4) is 0 Å².